The molecule has 0 aliphatic carbocycles. The maximum Gasteiger partial charge on any atom is 0.405 e. The van der Waals surface area contributed by atoms with Gasteiger partial charge in [-0.15, -0.1) is 0 Å². The normalized spacial score (nSPS) is 19.4. The zero-order chi connectivity index (χ0) is 21.7. The molecule has 2 aliphatic heterocycles. The summed E-state index contributed by atoms with van der Waals surface area (Å²) in [5, 5.41) is 4.50. The summed E-state index contributed by atoms with van der Waals surface area (Å²) in [6.45, 7) is 0.306. The zero-order valence-electron chi connectivity index (χ0n) is 16.0. The summed E-state index contributed by atoms with van der Waals surface area (Å²) >= 11 is 1.30. The van der Waals surface area contributed by atoms with Crippen LogP contribution >= 0.6 is 11.8 Å². The molecule has 1 unspecified atom stereocenters. The van der Waals surface area contributed by atoms with E-state index in [2.05, 4.69) is 15.2 Å². The van der Waals surface area contributed by atoms with Crippen molar-refractivity contribution in [2.75, 3.05) is 25.0 Å². The molecule has 7 nitrogen and oxygen atoms in total. The number of nitrogens with one attached hydrogen (secondary N) is 2. The first-order valence-electron chi connectivity index (χ1n) is 9.50. The molecule has 2 heterocycles. The van der Waals surface area contributed by atoms with Gasteiger partial charge in [-0.25, -0.2) is 0 Å². The topological polar surface area (TPSA) is 90.9 Å². The number of carbonyl (C=O) groups excluding carboxylic acids is 3. The summed E-state index contributed by atoms with van der Waals surface area (Å²) in [6, 6.07) is 5.46. The number of carbonyl (C=O) groups is 3. The van der Waals surface area contributed by atoms with Crippen molar-refractivity contribution < 1.29 is 27.6 Å². The molecule has 3 amide bonds. The smallest absolute Gasteiger partial charge is 0.351 e. The summed E-state index contributed by atoms with van der Waals surface area (Å²) in [6.07, 6.45) is -1.25. The van der Waals surface area contributed by atoms with Crippen molar-refractivity contribution in [2.24, 2.45) is 4.99 Å². The van der Waals surface area contributed by atoms with Crippen LogP contribution in [0, 0.1) is 0 Å². The Morgan fingerprint density at radius 1 is 1.13 bits per heavy atom. The molecule has 3 rings (SSSR count). The number of nitrogens with zero attached hydrogens (tertiary/aromatic N) is 2. The van der Waals surface area contributed by atoms with Gasteiger partial charge in [-0.2, -0.15) is 18.2 Å². The molecule has 0 bridgehead atoms. The first-order chi connectivity index (χ1) is 14.2. The summed E-state index contributed by atoms with van der Waals surface area (Å²) in [5.41, 5.74) is 0.415. The fourth-order valence-corrected chi connectivity index (χ4v) is 4.21. The van der Waals surface area contributed by atoms with Crippen molar-refractivity contribution in [2.45, 2.75) is 37.1 Å². The summed E-state index contributed by atoms with van der Waals surface area (Å²) in [4.78, 5) is 42.3. The van der Waals surface area contributed by atoms with Gasteiger partial charge in [0.1, 0.15) is 11.8 Å². The van der Waals surface area contributed by atoms with Crippen molar-refractivity contribution in [1.82, 2.24) is 10.2 Å². The number of benzene rings is 1. The average molecular weight is 442 g/mol. The van der Waals surface area contributed by atoms with Crippen LogP contribution in [0.5, 0.6) is 0 Å². The van der Waals surface area contributed by atoms with Gasteiger partial charge in [0.2, 0.25) is 5.91 Å². The van der Waals surface area contributed by atoms with E-state index in [1.807, 2.05) is 0 Å². The molecule has 11 heteroatoms. The Kier molecular flexibility index (Phi) is 7.01. The monoisotopic (exact) mass is 442 g/mol. The van der Waals surface area contributed by atoms with Gasteiger partial charge in [-0.1, -0.05) is 11.8 Å². The first-order valence-corrected chi connectivity index (χ1v) is 10.4. The number of anilines is 1. The van der Waals surface area contributed by atoms with E-state index < -0.39 is 23.9 Å². The predicted molar refractivity (Wildman–Crippen MR) is 107 cm³/mol. The lowest BCUT2D eigenvalue weighted by molar-refractivity contribution is -0.123. The largest absolute Gasteiger partial charge is 0.405 e. The molecule has 1 atom stereocenters. The van der Waals surface area contributed by atoms with Gasteiger partial charge in [-0.3, -0.25) is 14.4 Å². The standard InChI is InChI=1S/C19H21F3N4O3S/c20-19(21,22)11-23-16(28)12-4-6-13(7-5-12)24-15(27)10-14-17(29)25-18(30-14)26-8-2-1-3-9-26/h4-7,14H,1-3,8-11H2,(H,23,28)(H,24,27). The lowest BCUT2D eigenvalue weighted by Crippen LogP contribution is -2.33. The van der Waals surface area contributed by atoms with Crippen LogP contribution < -0.4 is 10.6 Å². The number of thioether (sulfide) groups is 1. The second-order valence-electron chi connectivity index (χ2n) is 7.01. The van der Waals surface area contributed by atoms with E-state index in [0.29, 0.717) is 10.9 Å². The highest BCUT2D eigenvalue weighted by Gasteiger charge is 2.33. The summed E-state index contributed by atoms with van der Waals surface area (Å²) < 4.78 is 36.5. The number of aliphatic imine (C=N–C) groups is 1. The van der Waals surface area contributed by atoms with Crippen LogP contribution in [0.15, 0.2) is 29.3 Å². The molecule has 0 spiro atoms. The van der Waals surface area contributed by atoms with Crippen LogP contribution in [0.25, 0.3) is 0 Å². The van der Waals surface area contributed by atoms with E-state index in [1.54, 1.807) is 5.32 Å². The van der Waals surface area contributed by atoms with Gasteiger partial charge < -0.3 is 15.5 Å². The number of piperidine rings is 1. The van der Waals surface area contributed by atoms with Gasteiger partial charge in [0.05, 0.1) is 0 Å². The molecule has 1 saturated heterocycles. The molecule has 0 aromatic heterocycles. The van der Waals surface area contributed by atoms with Crippen LogP contribution in [0.3, 0.4) is 0 Å². The predicted octanol–water partition coefficient (Wildman–Crippen LogP) is 2.79. The highest BCUT2D eigenvalue weighted by atomic mass is 32.2. The van der Waals surface area contributed by atoms with Gasteiger partial charge in [0, 0.05) is 30.8 Å². The SMILES string of the molecule is O=C(CC1SC(N2CCCCC2)=NC1=O)Nc1ccc(C(=O)NCC(F)(F)F)cc1. The number of alkyl halides is 3. The number of likely N-dealkylation sites (tertiary alicyclic amines) is 1. The van der Waals surface area contributed by atoms with Crippen molar-refractivity contribution in [3.63, 3.8) is 0 Å². The number of hydrogen-bond acceptors (Lipinski definition) is 5. The average Bonchev–Trinajstić information content (AvgIpc) is 3.07. The van der Waals surface area contributed by atoms with Crippen molar-refractivity contribution in [1.29, 1.82) is 0 Å². The van der Waals surface area contributed by atoms with Crippen LogP contribution in [0.4, 0.5) is 18.9 Å². The van der Waals surface area contributed by atoms with Gasteiger partial charge in [0.15, 0.2) is 5.17 Å². The molecule has 1 aromatic carbocycles. The fraction of sp³-hybridized carbons (Fsp3) is 0.474. The second-order valence-corrected chi connectivity index (χ2v) is 8.18. The number of amidine groups is 1. The van der Waals surface area contributed by atoms with Crippen molar-refractivity contribution >= 4 is 40.3 Å². The molecule has 1 fully saturated rings. The lowest BCUT2D eigenvalue weighted by Gasteiger charge is -2.27. The quantitative estimate of drug-likeness (QED) is 0.732. The maximum atomic E-state index is 12.3. The highest BCUT2D eigenvalue weighted by molar-refractivity contribution is 8.15. The second kappa shape index (κ2) is 9.50. The van der Waals surface area contributed by atoms with E-state index >= 15 is 0 Å². The van der Waals surface area contributed by atoms with E-state index in [-0.39, 0.29) is 23.8 Å². The Morgan fingerprint density at radius 3 is 2.43 bits per heavy atom. The third-order valence-electron chi connectivity index (χ3n) is 4.61. The highest BCUT2D eigenvalue weighted by Crippen LogP contribution is 2.29. The van der Waals surface area contributed by atoms with E-state index in [4.69, 9.17) is 0 Å². The molecular weight excluding hydrogens is 421 g/mol. The third kappa shape index (κ3) is 6.22. The minimum Gasteiger partial charge on any atom is -0.351 e. The minimum atomic E-state index is -4.49. The lowest BCUT2D eigenvalue weighted by atomic mass is 10.1. The Labute approximate surface area is 175 Å². The molecule has 162 valence electrons. The molecular formula is C19H21F3N4O3S. The number of halogens is 3. The van der Waals surface area contributed by atoms with Crippen LogP contribution in [-0.2, 0) is 9.59 Å². The molecule has 0 radical (unpaired) electrons. The van der Waals surface area contributed by atoms with Crippen molar-refractivity contribution in [3.8, 4) is 0 Å². The van der Waals surface area contributed by atoms with Crippen LogP contribution in [-0.4, -0.2) is 58.8 Å². The number of rotatable bonds is 5. The van der Waals surface area contributed by atoms with E-state index in [9.17, 15) is 27.6 Å². The van der Waals surface area contributed by atoms with Crippen LogP contribution in [0.1, 0.15) is 36.0 Å². The minimum absolute atomic E-state index is 0.0401. The first kappa shape index (κ1) is 22.1. The molecule has 0 saturated carbocycles. The summed E-state index contributed by atoms with van der Waals surface area (Å²) in [7, 11) is 0. The van der Waals surface area contributed by atoms with E-state index in [1.165, 1.54) is 36.0 Å². The Bertz CT molecular complexity index is 836. The zero-order valence-corrected chi connectivity index (χ0v) is 16.8. The van der Waals surface area contributed by atoms with E-state index in [0.717, 1.165) is 32.4 Å². The third-order valence-corrected chi connectivity index (χ3v) is 5.82. The molecule has 30 heavy (non-hydrogen) atoms. The number of amides is 3. The molecule has 2 N–H and O–H groups in total. The van der Waals surface area contributed by atoms with Gasteiger partial charge in [0.25, 0.3) is 11.8 Å². The maximum absolute atomic E-state index is 12.3. The Hall–Kier alpha value is -2.56. The molecule has 1 aromatic rings. The Balaban J connectivity index is 1.48. The molecule has 2 aliphatic rings. The van der Waals surface area contributed by atoms with Crippen LogP contribution in [0.2, 0.25) is 0 Å². The Morgan fingerprint density at radius 2 is 1.80 bits per heavy atom. The van der Waals surface area contributed by atoms with Gasteiger partial charge >= 0.3 is 6.18 Å². The van der Waals surface area contributed by atoms with Crippen molar-refractivity contribution in [3.05, 3.63) is 29.8 Å². The number of hydrogen-bond donors (Lipinski definition) is 2. The fourth-order valence-electron chi connectivity index (χ4n) is 3.10. The summed E-state index contributed by atoms with van der Waals surface area (Å²) in [5.74, 6) is -1.57. The van der Waals surface area contributed by atoms with Gasteiger partial charge in [-0.05, 0) is 43.5 Å².